The van der Waals surface area contributed by atoms with Gasteiger partial charge >= 0.3 is 5.97 Å². The van der Waals surface area contributed by atoms with E-state index in [0.29, 0.717) is 0 Å². The van der Waals surface area contributed by atoms with E-state index in [1.54, 1.807) is 25.3 Å². The molecule has 0 N–H and O–H groups in total. The van der Waals surface area contributed by atoms with Crippen LogP contribution in [0.2, 0.25) is 0 Å². The first-order chi connectivity index (χ1) is 15.4. The second kappa shape index (κ2) is 10.8. The molecular formula is C24H24F2N2O4. The summed E-state index contributed by atoms with van der Waals surface area (Å²) in [6, 6.07) is 11.5. The van der Waals surface area contributed by atoms with Gasteiger partial charge in [0.2, 0.25) is 5.43 Å². The van der Waals surface area contributed by atoms with Gasteiger partial charge in [-0.2, -0.15) is 5.10 Å². The number of carbonyl (C=O) groups excluding carboxylic acids is 1. The van der Waals surface area contributed by atoms with Crippen LogP contribution in [-0.4, -0.2) is 35.6 Å². The lowest BCUT2D eigenvalue weighted by Crippen LogP contribution is -2.21. The summed E-state index contributed by atoms with van der Waals surface area (Å²) in [4.78, 5) is 24.4. The fourth-order valence-electron chi connectivity index (χ4n) is 3.18. The third kappa shape index (κ3) is 6.31. The molecular weight excluding hydrogens is 418 g/mol. The Bertz CT molecular complexity index is 1120. The minimum Gasteiger partial charge on any atom is -0.463 e. The molecule has 0 aliphatic rings. The Balaban J connectivity index is 1.74. The van der Waals surface area contributed by atoms with Crippen LogP contribution < -0.4 is 5.43 Å². The number of carbonyl (C=O) groups is 1. The second-order valence-corrected chi connectivity index (χ2v) is 7.32. The summed E-state index contributed by atoms with van der Waals surface area (Å²) < 4.78 is 38.8. The van der Waals surface area contributed by atoms with Gasteiger partial charge in [-0.15, -0.1) is 0 Å². The van der Waals surface area contributed by atoms with Gasteiger partial charge in [-0.05, 0) is 29.7 Å². The van der Waals surface area contributed by atoms with E-state index in [0.717, 1.165) is 35.7 Å². The molecule has 2 aromatic carbocycles. The topological polar surface area (TPSA) is 70.4 Å². The van der Waals surface area contributed by atoms with Crippen LogP contribution in [0.4, 0.5) is 8.78 Å². The van der Waals surface area contributed by atoms with Crippen LogP contribution in [0.25, 0.3) is 5.69 Å². The summed E-state index contributed by atoms with van der Waals surface area (Å²) in [7, 11) is 1.57. The molecule has 8 heteroatoms. The van der Waals surface area contributed by atoms with E-state index in [4.69, 9.17) is 9.47 Å². The molecule has 168 valence electrons. The maximum absolute atomic E-state index is 13.5. The van der Waals surface area contributed by atoms with Crippen molar-refractivity contribution in [2.24, 2.45) is 0 Å². The molecule has 6 nitrogen and oxygen atoms in total. The Morgan fingerprint density at radius 3 is 2.50 bits per heavy atom. The maximum atomic E-state index is 13.5. The highest BCUT2D eigenvalue weighted by molar-refractivity contribution is 5.72. The van der Waals surface area contributed by atoms with Gasteiger partial charge in [0, 0.05) is 31.9 Å². The Hall–Kier alpha value is -3.39. The summed E-state index contributed by atoms with van der Waals surface area (Å²) in [5.41, 5.74) is 1.59. The fraction of sp³-hybridized carbons (Fsp3) is 0.292. The number of aromatic nitrogens is 2. The lowest BCUT2D eigenvalue weighted by atomic mass is 10.0. The molecule has 0 radical (unpaired) electrons. The van der Waals surface area contributed by atoms with Gasteiger partial charge in [0.15, 0.2) is 0 Å². The summed E-state index contributed by atoms with van der Waals surface area (Å²) in [6.45, 7) is 2.14. The first-order valence-corrected chi connectivity index (χ1v) is 10.2. The predicted octanol–water partition coefficient (Wildman–Crippen LogP) is 3.61. The SMILES string of the molecule is CCC(COC(=O)Cc1cccc(Cc2nn(-c3cc(F)cc(F)c3)ccc2=O)c1)OC. The molecule has 3 aromatic rings. The lowest BCUT2D eigenvalue weighted by molar-refractivity contribution is -0.146. The Morgan fingerprint density at radius 1 is 1.09 bits per heavy atom. The van der Waals surface area contributed by atoms with Gasteiger partial charge in [0.1, 0.15) is 23.9 Å². The molecule has 3 rings (SSSR count). The first-order valence-electron chi connectivity index (χ1n) is 10.2. The normalized spacial score (nSPS) is 11.9. The number of nitrogens with zero attached hydrogens (tertiary/aromatic N) is 2. The molecule has 1 heterocycles. The molecule has 0 aliphatic heterocycles. The van der Waals surface area contributed by atoms with Crippen molar-refractivity contribution in [3.63, 3.8) is 0 Å². The highest BCUT2D eigenvalue weighted by Gasteiger charge is 2.12. The van der Waals surface area contributed by atoms with Gasteiger partial charge in [-0.3, -0.25) is 9.59 Å². The molecule has 0 amide bonds. The first kappa shape index (κ1) is 23.3. The monoisotopic (exact) mass is 442 g/mol. The minimum absolute atomic E-state index is 0.0863. The van der Waals surface area contributed by atoms with Gasteiger partial charge in [-0.1, -0.05) is 31.2 Å². The van der Waals surface area contributed by atoms with Crippen LogP contribution in [0.15, 0.2) is 59.5 Å². The zero-order valence-corrected chi connectivity index (χ0v) is 17.9. The maximum Gasteiger partial charge on any atom is 0.310 e. The number of hydrogen-bond acceptors (Lipinski definition) is 5. The van der Waals surface area contributed by atoms with Gasteiger partial charge in [0.25, 0.3) is 0 Å². The van der Waals surface area contributed by atoms with E-state index in [1.165, 1.54) is 16.9 Å². The predicted molar refractivity (Wildman–Crippen MR) is 115 cm³/mol. The minimum atomic E-state index is -0.739. The molecule has 0 bridgehead atoms. The van der Waals surface area contributed by atoms with E-state index in [1.807, 2.05) is 13.0 Å². The van der Waals surface area contributed by atoms with Crippen molar-refractivity contribution < 1.29 is 23.0 Å². The highest BCUT2D eigenvalue weighted by atomic mass is 19.1. The number of hydrogen-bond donors (Lipinski definition) is 0. The van der Waals surface area contributed by atoms with E-state index in [-0.39, 0.29) is 48.3 Å². The number of benzene rings is 2. The number of methoxy groups -OCH3 is 1. The van der Waals surface area contributed by atoms with E-state index in [9.17, 15) is 18.4 Å². The Labute approximate surface area is 184 Å². The average molecular weight is 442 g/mol. The Kier molecular flexibility index (Phi) is 7.83. The number of halogens is 2. The van der Waals surface area contributed by atoms with Crippen LogP contribution in [0.1, 0.15) is 30.2 Å². The zero-order chi connectivity index (χ0) is 23.1. The van der Waals surface area contributed by atoms with Crippen molar-refractivity contribution >= 4 is 5.97 Å². The van der Waals surface area contributed by atoms with E-state index in [2.05, 4.69) is 5.10 Å². The summed E-state index contributed by atoms with van der Waals surface area (Å²) in [5, 5.41) is 4.24. The molecule has 0 spiro atoms. The third-order valence-electron chi connectivity index (χ3n) is 4.92. The molecule has 32 heavy (non-hydrogen) atoms. The van der Waals surface area contributed by atoms with Crippen molar-refractivity contribution in [3.8, 4) is 5.69 Å². The van der Waals surface area contributed by atoms with Gasteiger partial charge < -0.3 is 9.47 Å². The Morgan fingerprint density at radius 2 is 1.81 bits per heavy atom. The van der Waals surface area contributed by atoms with Crippen LogP contribution >= 0.6 is 0 Å². The second-order valence-electron chi connectivity index (χ2n) is 7.32. The van der Waals surface area contributed by atoms with Crippen LogP contribution in [0, 0.1) is 11.6 Å². The molecule has 0 aliphatic carbocycles. The van der Waals surface area contributed by atoms with E-state index >= 15 is 0 Å². The number of esters is 1. The van der Waals surface area contributed by atoms with Gasteiger partial charge in [0.05, 0.1) is 18.2 Å². The molecule has 1 atom stereocenters. The summed E-state index contributed by atoms with van der Waals surface area (Å²) in [6.07, 6.45) is 2.24. The van der Waals surface area contributed by atoms with Crippen molar-refractivity contribution in [2.75, 3.05) is 13.7 Å². The number of ether oxygens (including phenoxy) is 2. The highest BCUT2D eigenvalue weighted by Crippen LogP contribution is 2.13. The van der Waals surface area contributed by atoms with Crippen LogP contribution in [0.5, 0.6) is 0 Å². The average Bonchev–Trinajstić information content (AvgIpc) is 2.75. The zero-order valence-electron chi connectivity index (χ0n) is 17.9. The van der Waals surface area contributed by atoms with Gasteiger partial charge in [-0.25, -0.2) is 13.5 Å². The van der Waals surface area contributed by atoms with Crippen molar-refractivity contribution in [2.45, 2.75) is 32.3 Å². The van der Waals surface area contributed by atoms with Crippen molar-refractivity contribution in [3.05, 3.63) is 93.4 Å². The summed E-state index contributed by atoms with van der Waals surface area (Å²) >= 11 is 0. The quantitative estimate of drug-likeness (QED) is 0.474. The fourth-order valence-corrected chi connectivity index (χ4v) is 3.18. The standard InChI is InChI=1S/C24H24F2N2O4/c1-3-21(31-2)15-32-24(30)11-17-6-4-5-16(9-17)10-22-23(29)7-8-28(27-22)20-13-18(25)12-19(26)14-20/h4-9,12-14,21H,3,10-11,15H2,1-2H3. The molecule has 0 fully saturated rings. The van der Waals surface area contributed by atoms with Crippen molar-refractivity contribution in [1.82, 2.24) is 9.78 Å². The lowest BCUT2D eigenvalue weighted by Gasteiger charge is -2.13. The smallest absolute Gasteiger partial charge is 0.310 e. The van der Waals surface area contributed by atoms with Crippen molar-refractivity contribution in [1.29, 1.82) is 0 Å². The largest absolute Gasteiger partial charge is 0.463 e. The van der Waals surface area contributed by atoms with Crippen LogP contribution in [0.3, 0.4) is 0 Å². The molecule has 0 saturated heterocycles. The van der Waals surface area contributed by atoms with E-state index < -0.39 is 11.6 Å². The molecule has 0 saturated carbocycles. The summed E-state index contributed by atoms with van der Waals surface area (Å²) in [5.74, 6) is -1.85. The molecule has 1 unspecified atom stereocenters. The number of rotatable bonds is 9. The third-order valence-corrected chi connectivity index (χ3v) is 4.92. The van der Waals surface area contributed by atoms with Crippen LogP contribution in [-0.2, 0) is 27.1 Å². The molecule has 1 aromatic heterocycles.